The van der Waals surface area contributed by atoms with Gasteiger partial charge in [0.15, 0.2) is 0 Å². The number of rotatable bonds is 4. The van der Waals surface area contributed by atoms with Gasteiger partial charge in [0, 0.05) is 17.8 Å². The van der Waals surface area contributed by atoms with Crippen molar-refractivity contribution in [3.05, 3.63) is 34.4 Å². The van der Waals surface area contributed by atoms with E-state index in [1.807, 2.05) is 13.8 Å². The Bertz CT molecular complexity index is 419. The molecule has 0 saturated heterocycles. The van der Waals surface area contributed by atoms with Gasteiger partial charge in [-0.25, -0.2) is 0 Å². The van der Waals surface area contributed by atoms with Gasteiger partial charge >= 0.3 is 5.97 Å². The Morgan fingerprint density at radius 3 is 2.16 bits per heavy atom. The molecule has 0 bridgehead atoms. The van der Waals surface area contributed by atoms with Crippen LogP contribution in [0.5, 0.6) is 0 Å². The Labute approximate surface area is 111 Å². The fourth-order valence-electron chi connectivity index (χ4n) is 1.09. The van der Waals surface area contributed by atoms with Crippen LogP contribution in [0.4, 0.5) is 11.4 Å². The third-order valence-corrected chi connectivity index (χ3v) is 2.65. The average Bonchev–Trinajstić information content (AvgIpc) is 2.38. The zero-order valence-corrected chi connectivity index (χ0v) is 10.9. The Hall–Kier alpha value is -2.15. The molecule has 1 aromatic rings. The molecule has 7 heteroatoms. The van der Waals surface area contributed by atoms with Gasteiger partial charge in [-0.2, -0.15) is 0 Å². The van der Waals surface area contributed by atoms with E-state index in [1.165, 1.54) is 24.3 Å². The highest BCUT2D eigenvalue weighted by Crippen LogP contribution is 2.12. The fraction of sp³-hybridized carbons (Fsp3) is 0.417. The number of non-ortho nitro benzene ring substituents is 1. The second-order valence-electron chi connectivity index (χ2n) is 4.10. The minimum Gasteiger partial charge on any atom is -0.480 e. The van der Waals surface area contributed by atoms with Crippen LogP contribution < -0.4 is 11.5 Å². The van der Waals surface area contributed by atoms with Crippen LogP contribution in [0, 0.1) is 16.0 Å². The van der Waals surface area contributed by atoms with Crippen molar-refractivity contribution >= 4 is 17.3 Å². The van der Waals surface area contributed by atoms with Crippen LogP contribution in [-0.2, 0) is 4.79 Å². The zero-order valence-electron chi connectivity index (χ0n) is 10.9. The van der Waals surface area contributed by atoms with Crippen molar-refractivity contribution in [1.82, 2.24) is 0 Å². The van der Waals surface area contributed by atoms with Gasteiger partial charge in [-0.05, 0) is 18.1 Å². The van der Waals surface area contributed by atoms with E-state index in [1.54, 1.807) is 0 Å². The van der Waals surface area contributed by atoms with Crippen molar-refractivity contribution < 1.29 is 14.8 Å². The van der Waals surface area contributed by atoms with Gasteiger partial charge in [0.1, 0.15) is 6.04 Å². The SMILES string of the molecule is CC[C@H](C)[C@H](N)C(=O)O.Nc1ccc([N+](=O)[O-])cc1. The van der Waals surface area contributed by atoms with E-state index in [-0.39, 0.29) is 11.6 Å². The molecule has 0 aliphatic heterocycles. The Kier molecular flexibility index (Phi) is 7.13. The van der Waals surface area contributed by atoms with Crippen molar-refractivity contribution in [2.24, 2.45) is 11.7 Å². The number of nitrogen functional groups attached to an aromatic ring is 1. The fourth-order valence-corrected chi connectivity index (χ4v) is 1.09. The molecule has 1 rings (SSSR count). The molecular formula is C12H19N3O4. The minimum absolute atomic E-state index is 0.0641. The maximum absolute atomic E-state index is 10.2. The van der Waals surface area contributed by atoms with Crippen LogP contribution in [0.2, 0.25) is 0 Å². The van der Waals surface area contributed by atoms with Gasteiger partial charge in [-0.3, -0.25) is 14.9 Å². The normalized spacial score (nSPS) is 12.8. The summed E-state index contributed by atoms with van der Waals surface area (Å²) < 4.78 is 0. The monoisotopic (exact) mass is 269 g/mol. The summed E-state index contributed by atoms with van der Waals surface area (Å²) in [4.78, 5) is 19.8. The Morgan fingerprint density at radius 1 is 1.42 bits per heavy atom. The van der Waals surface area contributed by atoms with E-state index >= 15 is 0 Å². The molecule has 7 nitrogen and oxygen atoms in total. The van der Waals surface area contributed by atoms with E-state index < -0.39 is 16.9 Å². The number of aliphatic carboxylic acids is 1. The van der Waals surface area contributed by atoms with Gasteiger partial charge in [0.25, 0.3) is 5.69 Å². The first-order chi connectivity index (χ1) is 8.79. The predicted molar refractivity (Wildman–Crippen MR) is 72.6 cm³/mol. The molecule has 0 radical (unpaired) electrons. The number of nitrogens with zero attached hydrogens (tertiary/aromatic N) is 1. The predicted octanol–water partition coefficient (Wildman–Crippen LogP) is 1.62. The lowest BCUT2D eigenvalue weighted by molar-refractivity contribution is -0.384. The molecule has 2 atom stereocenters. The van der Waals surface area contributed by atoms with E-state index in [4.69, 9.17) is 16.6 Å². The molecule has 106 valence electrons. The third kappa shape index (κ3) is 6.37. The molecule has 19 heavy (non-hydrogen) atoms. The molecule has 0 heterocycles. The average molecular weight is 269 g/mol. The topological polar surface area (TPSA) is 132 Å². The molecule has 1 aromatic carbocycles. The Balaban J connectivity index is 0.000000344. The van der Waals surface area contributed by atoms with Crippen molar-refractivity contribution in [2.75, 3.05) is 5.73 Å². The number of hydrogen-bond acceptors (Lipinski definition) is 5. The van der Waals surface area contributed by atoms with Crippen LogP contribution in [0.15, 0.2) is 24.3 Å². The first kappa shape index (κ1) is 16.9. The van der Waals surface area contributed by atoms with E-state index in [0.29, 0.717) is 5.69 Å². The lowest BCUT2D eigenvalue weighted by atomic mass is 10.0. The summed E-state index contributed by atoms with van der Waals surface area (Å²) in [6.45, 7) is 3.76. The first-order valence-electron chi connectivity index (χ1n) is 5.77. The van der Waals surface area contributed by atoms with Crippen LogP contribution in [0.25, 0.3) is 0 Å². The van der Waals surface area contributed by atoms with Crippen molar-refractivity contribution in [3.63, 3.8) is 0 Å². The molecule has 0 aliphatic carbocycles. The minimum atomic E-state index is -0.913. The summed E-state index contributed by atoms with van der Waals surface area (Å²) in [6, 6.07) is 5.04. The molecule has 0 saturated carbocycles. The summed E-state index contributed by atoms with van der Waals surface area (Å²) >= 11 is 0. The highest BCUT2D eigenvalue weighted by Gasteiger charge is 2.17. The van der Waals surface area contributed by atoms with Crippen LogP contribution in [0.3, 0.4) is 0 Å². The second-order valence-corrected chi connectivity index (χ2v) is 4.10. The number of hydrogen-bond donors (Lipinski definition) is 3. The molecule has 5 N–H and O–H groups in total. The molecular weight excluding hydrogens is 250 g/mol. The smallest absolute Gasteiger partial charge is 0.320 e. The number of nitro benzene ring substituents is 1. The third-order valence-electron chi connectivity index (χ3n) is 2.65. The van der Waals surface area contributed by atoms with E-state index in [2.05, 4.69) is 0 Å². The van der Waals surface area contributed by atoms with Crippen molar-refractivity contribution in [3.8, 4) is 0 Å². The number of nitrogens with two attached hydrogens (primary N) is 2. The Morgan fingerprint density at radius 2 is 1.89 bits per heavy atom. The number of anilines is 1. The molecule has 0 aliphatic rings. The van der Waals surface area contributed by atoms with Crippen molar-refractivity contribution in [2.45, 2.75) is 26.3 Å². The van der Waals surface area contributed by atoms with E-state index in [0.717, 1.165) is 6.42 Å². The second kappa shape index (κ2) is 8.04. The summed E-state index contributed by atoms with van der Waals surface area (Å²) in [5.41, 5.74) is 11.2. The molecule has 0 aromatic heterocycles. The van der Waals surface area contributed by atoms with Crippen LogP contribution in [-0.4, -0.2) is 22.0 Å². The maximum atomic E-state index is 10.2. The van der Waals surface area contributed by atoms with Crippen LogP contribution >= 0.6 is 0 Å². The number of carbonyl (C=O) groups is 1. The summed E-state index contributed by atoms with van der Waals surface area (Å²) in [5.74, 6) is -0.841. The van der Waals surface area contributed by atoms with Gasteiger partial charge in [0.05, 0.1) is 4.92 Å². The molecule has 0 fully saturated rings. The highest BCUT2D eigenvalue weighted by molar-refractivity contribution is 5.73. The summed E-state index contributed by atoms with van der Waals surface area (Å²) in [5, 5.41) is 18.4. The number of carboxylic acids is 1. The largest absolute Gasteiger partial charge is 0.480 e. The highest BCUT2D eigenvalue weighted by atomic mass is 16.6. The lowest BCUT2D eigenvalue weighted by Crippen LogP contribution is -2.36. The quantitative estimate of drug-likeness (QED) is 0.432. The maximum Gasteiger partial charge on any atom is 0.320 e. The number of carboxylic acid groups (broad SMARTS) is 1. The van der Waals surface area contributed by atoms with E-state index in [9.17, 15) is 14.9 Å². The van der Waals surface area contributed by atoms with Crippen molar-refractivity contribution in [1.29, 1.82) is 0 Å². The van der Waals surface area contributed by atoms with Gasteiger partial charge in [-0.15, -0.1) is 0 Å². The van der Waals surface area contributed by atoms with Gasteiger partial charge in [0.2, 0.25) is 0 Å². The molecule has 0 unspecified atom stereocenters. The number of benzene rings is 1. The zero-order chi connectivity index (χ0) is 15.0. The number of nitro groups is 1. The lowest BCUT2D eigenvalue weighted by Gasteiger charge is -2.11. The summed E-state index contributed by atoms with van der Waals surface area (Å²) in [6.07, 6.45) is 0.813. The molecule has 0 spiro atoms. The van der Waals surface area contributed by atoms with Crippen LogP contribution in [0.1, 0.15) is 20.3 Å². The summed E-state index contributed by atoms with van der Waals surface area (Å²) in [7, 11) is 0. The van der Waals surface area contributed by atoms with Gasteiger partial charge < -0.3 is 16.6 Å². The standard InChI is InChI=1S/C6H6N2O2.C6H13NO2/c7-5-1-3-6(4-2-5)8(9)10;1-3-4(2)5(7)6(8)9/h1-4H,7H2;4-5H,3,7H2,1-2H3,(H,8,9)/t;4-,5-/m.0/s1. The first-order valence-corrected chi connectivity index (χ1v) is 5.77. The van der Waals surface area contributed by atoms with Gasteiger partial charge in [-0.1, -0.05) is 20.3 Å². The molecule has 0 amide bonds.